The van der Waals surface area contributed by atoms with E-state index in [0.29, 0.717) is 11.3 Å². The molecule has 1 aromatic rings. The van der Waals surface area contributed by atoms with Gasteiger partial charge in [0.05, 0.1) is 6.04 Å². The Morgan fingerprint density at radius 1 is 1.43 bits per heavy atom. The van der Waals surface area contributed by atoms with Gasteiger partial charge in [-0.15, -0.1) is 0 Å². The molecule has 1 rings (SSSR count). The van der Waals surface area contributed by atoms with Crippen LogP contribution in [0.15, 0.2) is 16.5 Å². The Hall–Kier alpha value is -0.470. The van der Waals surface area contributed by atoms with Gasteiger partial charge in [0.15, 0.2) is 5.22 Å². The molecule has 0 spiro atoms. The monoisotopic (exact) mass is 215 g/mol. The quantitative estimate of drug-likeness (QED) is 0.731. The first-order valence-corrected chi connectivity index (χ1v) is 5.58. The van der Waals surface area contributed by atoms with Crippen LogP contribution in [0.1, 0.15) is 44.4 Å². The van der Waals surface area contributed by atoms with Gasteiger partial charge in [-0.1, -0.05) is 26.2 Å². The maximum atomic E-state index is 5.73. The molecule has 0 aliphatic rings. The van der Waals surface area contributed by atoms with Crippen LogP contribution >= 0.6 is 11.6 Å². The first-order valence-electron chi connectivity index (χ1n) is 5.20. The van der Waals surface area contributed by atoms with Gasteiger partial charge >= 0.3 is 0 Å². The van der Waals surface area contributed by atoms with Crippen LogP contribution < -0.4 is 5.32 Å². The highest BCUT2D eigenvalue weighted by molar-refractivity contribution is 6.28. The van der Waals surface area contributed by atoms with Gasteiger partial charge in [-0.05, 0) is 37.2 Å². The number of hydrogen-bond donors (Lipinski definition) is 1. The molecule has 3 heteroatoms. The van der Waals surface area contributed by atoms with E-state index in [1.165, 1.54) is 19.3 Å². The summed E-state index contributed by atoms with van der Waals surface area (Å²) in [5, 5.41) is 3.71. The molecule has 1 aromatic heterocycles. The highest BCUT2D eigenvalue weighted by atomic mass is 35.5. The second-order valence-electron chi connectivity index (χ2n) is 3.48. The highest BCUT2D eigenvalue weighted by Gasteiger charge is 2.12. The van der Waals surface area contributed by atoms with E-state index in [1.54, 1.807) is 6.07 Å². The third kappa shape index (κ3) is 3.35. The number of hydrogen-bond acceptors (Lipinski definition) is 2. The lowest BCUT2D eigenvalue weighted by atomic mass is 10.1. The number of halogens is 1. The van der Waals surface area contributed by atoms with E-state index in [4.69, 9.17) is 16.0 Å². The Balaban J connectivity index is 2.45. The molecule has 0 bridgehead atoms. The molecular weight excluding hydrogens is 198 g/mol. The van der Waals surface area contributed by atoms with Crippen molar-refractivity contribution in [1.82, 2.24) is 5.32 Å². The van der Waals surface area contributed by atoms with Crippen LogP contribution in [-0.4, -0.2) is 7.05 Å². The fourth-order valence-electron chi connectivity index (χ4n) is 1.54. The summed E-state index contributed by atoms with van der Waals surface area (Å²) in [7, 11) is 1.95. The van der Waals surface area contributed by atoms with E-state index in [2.05, 4.69) is 12.2 Å². The fraction of sp³-hybridized carbons (Fsp3) is 0.636. The molecule has 2 nitrogen and oxygen atoms in total. The van der Waals surface area contributed by atoms with E-state index in [1.807, 2.05) is 13.1 Å². The third-order valence-corrected chi connectivity index (χ3v) is 2.59. The van der Waals surface area contributed by atoms with Crippen molar-refractivity contribution in [2.24, 2.45) is 0 Å². The molecule has 1 heterocycles. The summed E-state index contributed by atoms with van der Waals surface area (Å²) in [6.07, 6.45) is 4.84. The minimum atomic E-state index is 0.300. The lowest BCUT2D eigenvalue weighted by molar-refractivity contribution is 0.405. The molecule has 14 heavy (non-hydrogen) atoms. The maximum absolute atomic E-state index is 5.73. The predicted molar refractivity (Wildman–Crippen MR) is 59.7 cm³/mol. The van der Waals surface area contributed by atoms with Gasteiger partial charge in [0.25, 0.3) is 0 Å². The van der Waals surface area contributed by atoms with Crippen LogP contribution in [0.2, 0.25) is 5.22 Å². The Labute approximate surface area is 90.6 Å². The van der Waals surface area contributed by atoms with E-state index >= 15 is 0 Å². The molecule has 0 radical (unpaired) electrons. The third-order valence-electron chi connectivity index (χ3n) is 2.38. The molecule has 0 saturated heterocycles. The van der Waals surface area contributed by atoms with Gasteiger partial charge in [0.2, 0.25) is 0 Å². The van der Waals surface area contributed by atoms with Crippen LogP contribution in [0, 0.1) is 0 Å². The summed E-state index contributed by atoms with van der Waals surface area (Å²) in [5.41, 5.74) is 0. The van der Waals surface area contributed by atoms with Crippen LogP contribution in [0.5, 0.6) is 0 Å². The van der Waals surface area contributed by atoms with Crippen molar-refractivity contribution in [3.8, 4) is 0 Å². The standard InChI is InChI=1S/C11H18ClNO/c1-3-4-5-6-9(13-2)10-7-8-11(12)14-10/h7-9,13H,3-6H2,1-2H3. The van der Waals surface area contributed by atoms with Crippen molar-refractivity contribution >= 4 is 11.6 Å². The molecule has 0 aliphatic heterocycles. The zero-order chi connectivity index (χ0) is 10.4. The molecule has 0 saturated carbocycles. The molecule has 1 unspecified atom stereocenters. The minimum Gasteiger partial charge on any atom is -0.448 e. The topological polar surface area (TPSA) is 25.2 Å². The first-order chi connectivity index (χ1) is 6.77. The molecular formula is C11H18ClNO. The fourth-order valence-corrected chi connectivity index (χ4v) is 1.69. The van der Waals surface area contributed by atoms with Crippen LogP contribution in [0.3, 0.4) is 0 Å². The van der Waals surface area contributed by atoms with E-state index in [9.17, 15) is 0 Å². The summed E-state index contributed by atoms with van der Waals surface area (Å²) in [5.74, 6) is 0.939. The minimum absolute atomic E-state index is 0.300. The molecule has 0 fully saturated rings. The predicted octanol–water partition coefficient (Wildman–Crippen LogP) is 3.77. The number of furan rings is 1. The normalized spacial score (nSPS) is 13.1. The smallest absolute Gasteiger partial charge is 0.193 e. The molecule has 1 N–H and O–H groups in total. The average molecular weight is 216 g/mol. The van der Waals surface area contributed by atoms with Crippen molar-refractivity contribution in [2.75, 3.05) is 7.05 Å². The van der Waals surface area contributed by atoms with Gasteiger partial charge in [-0.3, -0.25) is 0 Å². The van der Waals surface area contributed by atoms with Gasteiger partial charge in [-0.25, -0.2) is 0 Å². The number of unbranched alkanes of at least 4 members (excludes halogenated alkanes) is 2. The second-order valence-corrected chi connectivity index (χ2v) is 3.85. The summed E-state index contributed by atoms with van der Waals surface area (Å²) < 4.78 is 5.37. The maximum Gasteiger partial charge on any atom is 0.193 e. The van der Waals surface area contributed by atoms with Crippen molar-refractivity contribution in [1.29, 1.82) is 0 Å². The average Bonchev–Trinajstić information content (AvgIpc) is 2.60. The Kier molecular flexibility index (Phi) is 5.05. The number of nitrogens with one attached hydrogen (secondary N) is 1. The van der Waals surface area contributed by atoms with E-state index < -0.39 is 0 Å². The van der Waals surface area contributed by atoms with Crippen molar-refractivity contribution in [3.05, 3.63) is 23.1 Å². The van der Waals surface area contributed by atoms with Gasteiger partial charge in [-0.2, -0.15) is 0 Å². The summed E-state index contributed by atoms with van der Waals surface area (Å²) in [6, 6.07) is 4.03. The van der Waals surface area contributed by atoms with E-state index in [-0.39, 0.29) is 0 Å². The SMILES string of the molecule is CCCCCC(NC)c1ccc(Cl)o1. The van der Waals surface area contributed by atoms with Gasteiger partial charge in [0.1, 0.15) is 5.76 Å². The zero-order valence-electron chi connectivity index (χ0n) is 8.85. The van der Waals surface area contributed by atoms with Crippen molar-refractivity contribution < 1.29 is 4.42 Å². The lowest BCUT2D eigenvalue weighted by Crippen LogP contribution is -2.15. The largest absolute Gasteiger partial charge is 0.448 e. The van der Waals surface area contributed by atoms with Crippen LogP contribution in [-0.2, 0) is 0 Å². The molecule has 80 valence electrons. The first kappa shape index (κ1) is 11.6. The molecule has 0 aliphatic carbocycles. The van der Waals surface area contributed by atoms with Gasteiger partial charge in [0, 0.05) is 0 Å². The second kappa shape index (κ2) is 6.10. The van der Waals surface area contributed by atoms with Crippen LogP contribution in [0.4, 0.5) is 0 Å². The molecule has 0 amide bonds. The lowest BCUT2D eigenvalue weighted by Gasteiger charge is -2.12. The van der Waals surface area contributed by atoms with Crippen molar-refractivity contribution in [2.45, 2.75) is 38.6 Å². The molecule has 0 aromatic carbocycles. The van der Waals surface area contributed by atoms with Crippen LogP contribution in [0.25, 0.3) is 0 Å². The van der Waals surface area contributed by atoms with E-state index in [0.717, 1.165) is 12.2 Å². The number of rotatable bonds is 6. The summed E-state index contributed by atoms with van der Waals surface area (Å²) >= 11 is 5.73. The van der Waals surface area contributed by atoms with Gasteiger partial charge < -0.3 is 9.73 Å². The summed E-state index contributed by atoms with van der Waals surface area (Å²) in [4.78, 5) is 0. The highest BCUT2D eigenvalue weighted by Crippen LogP contribution is 2.23. The van der Waals surface area contributed by atoms with Crippen molar-refractivity contribution in [3.63, 3.8) is 0 Å². The Morgan fingerprint density at radius 2 is 2.21 bits per heavy atom. The summed E-state index contributed by atoms with van der Waals surface area (Å²) in [6.45, 7) is 2.21. The Morgan fingerprint density at radius 3 is 2.71 bits per heavy atom. The zero-order valence-corrected chi connectivity index (χ0v) is 9.60. The Bertz CT molecular complexity index is 260. The molecule has 1 atom stereocenters.